The van der Waals surface area contributed by atoms with Gasteiger partial charge in [0.05, 0.1) is 17.9 Å². The summed E-state index contributed by atoms with van der Waals surface area (Å²) in [4.78, 5) is 12.0. The van der Waals surface area contributed by atoms with Crippen molar-refractivity contribution < 1.29 is 0 Å². The fraction of sp³-hybridized carbons (Fsp3) is 0.125. The van der Waals surface area contributed by atoms with E-state index < -0.39 is 0 Å². The van der Waals surface area contributed by atoms with Crippen molar-refractivity contribution in [3.63, 3.8) is 0 Å². The fourth-order valence-electron chi connectivity index (χ4n) is 2.13. The third kappa shape index (κ3) is 2.40. The molecule has 0 unspecified atom stereocenters. The molecule has 0 saturated heterocycles. The lowest BCUT2D eigenvalue weighted by atomic mass is 10.3. The number of hydrogen-bond acceptors (Lipinski definition) is 2. The number of rotatable bonds is 3. The van der Waals surface area contributed by atoms with Crippen LogP contribution in [0.3, 0.4) is 0 Å². The molecule has 0 aliphatic rings. The van der Waals surface area contributed by atoms with Gasteiger partial charge in [-0.3, -0.25) is 4.79 Å². The Bertz CT molecular complexity index is 772. The summed E-state index contributed by atoms with van der Waals surface area (Å²) in [5, 5.41) is 4.50. The zero-order chi connectivity index (χ0) is 13.9. The van der Waals surface area contributed by atoms with Crippen molar-refractivity contribution in [1.29, 1.82) is 0 Å². The van der Waals surface area contributed by atoms with Crippen molar-refractivity contribution in [3.8, 4) is 5.69 Å². The number of hydrogen-bond donors (Lipinski definition) is 0. The van der Waals surface area contributed by atoms with Gasteiger partial charge in [-0.1, -0.05) is 24.3 Å². The molecule has 0 aliphatic carbocycles. The van der Waals surface area contributed by atoms with Crippen LogP contribution in [-0.2, 0) is 6.54 Å². The van der Waals surface area contributed by atoms with E-state index in [-0.39, 0.29) is 5.56 Å². The SMILES string of the molecule is Cc1cccn(Cc2ccn(-c3ccccc3)n2)c1=O. The zero-order valence-electron chi connectivity index (χ0n) is 11.2. The molecule has 4 nitrogen and oxygen atoms in total. The van der Waals surface area contributed by atoms with E-state index in [9.17, 15) is 4.79 Å². The maximum atomic E-state index is 12.0. The third-order valence-corrected chi connectivity index (χ3v) is 3.21. The van der Waals surface area contributed by atoms with E-state index in [1.54, 1.807) is 10.8 Å². The van der Waals surface area contributed by atoms with Gasteiger partial charge in [-0.15, -0.1) is 0 Å². The van der Waals surface area contributed by atoms with Crippen molar-refractivity contribution in [2.75, 3.05) is 0 Å². The minimum absolute atomic E-state index is 0.0294. The highest BCUT2D eigenvalue weighted by Crippen LogP contribution is 2.07. The Labute approximate surface area is 116 Å². The highest BCUT2D eigenvalue weighted by Gasteiger charge is 2.04. The van der Waals surface area contributed by atoms with Crippen molar-refractivity contribution in [1.82, 2.24) is 14.3 Å². The second-order valence-corrected chi connectivity index (χ2v) is 4.71. The fourth-order valence-corrected chi connectivity index (χ4v) is 2.13. The summed E-state index contributed by atoms with van der Waals surface area (Å²) in [7, 11) is 0. The molecule has 100 valence electrons. The van der Waals surface area contributed by atoms with Gasteiger partial charge in [0.15, 0.2) is 0 Å². The first-order valence-electron chi connectivity index (χ1n) is 6.50. The lowest BCUT2D eigenvalue weighted by Gasteiger charge is -2.04. The van der Waals surface area contributed by atoms with E-state index in [0.29, 0.717) is 6.54 Å². The number of nitrogens with zero attached hydrogens (tertiary/aromatic N) is 3. The zero-order valence-corrected chi connectivity index (χ0v) is 11.2. The van der Waals surface area contributed by atoms with Crippen LogP contribution in [0, 0.1) is 6.92 Å². The van der Waals surface area contributed by atoms with Gasteiger partial charge >= 0.3 is 0 Å². The van der Waals surface area contributed by atoms with E-state index in [4.69, 9.17) is 0 Å². The van der Waals surface area contributed by atoms with Gasteiger partial charge < -0.3 is 4.57 Å². The average molecular weight is 265 g/mol. The summed E-state index contributed by atoms with van der Waals surface area (Å²) in [6, 6.07) is 15.5. The number of benzene rings is 1. The smallest absolute Gasteiger partial charge is 0.253 e. The Morgan fingerprint density at radius 3 is 2.60 bits per heavy atom. The van der Waals surface area contributed by atoms with Crippen molar-refractivity contribution in [2.24, 2.45) is 0 Å². The number of aromatic nitrogens is 3. The molecule has 4 heteroatoms. The van der Waals surface area contributed by atoms with Gasteiger partial charge in [-0.2, -0.15) is 5.10 Å². The normalized spacial score (nSPS) is 10.7. The maximum absolute atomic E-state index is 12.0. The average Bonchev–Trinajstić information content (AvgIpc) is 2.93. The Kier molecular flexibility index (Phi) is 3.21. The van der Waals surface area contributed by atoms with Crippen LogP contribution < -0.4 is 5.56 Å². The van der Waals surface area contributed by atoms with Crippen molar-refractivity contribution in [3.05, 3.63) is 82.5 Å². The Hall–Kier alpha value is -2.62. The first-order chi connectivity index (χ1) is 9.74. The molecule has 0 N–H and O–H groups in total. The molecule has 0 amide bonds. The lowest BCUT2D eigenvalue weighted by molar-refractivity contribution is 0.715. The summed E-state index contributed by atoms with van der Waals surface area (Å²) >= 11 is 0. The van der Waals surface area contributed by atoms with Crippen LogP contribution in [0.5, 0.6) is 0 Å². The summed E-state index contributed by atoms with van der Waals surface area (Å²) in [6.07, 6.45) is 3.70. The second kappa shape index (κ2) is 5.17. The Balaban J connectivity index is 1.88. The van der Waals surface area contributed by atoms with Crippen LogP contribution in [-0.4, -0.2) is 14.3 Å². The molecule has 0 bridgehead atoms. The number of para-hydroxylation sites is 1. The minimum Gasteiger partial charge on any atom is -0.309 e. The molecule has 2 heterocycles. The van der Waals surface area contributed by atoms with Crippen molar-refractivity contribution >= 4 is 0 Å². The molecule has 0 fully saturated rings. The molecule has 0 atom stereocenters. The number of aryl methyl sites for hydroxylation is 1. The number of pyridine rings is 1. The topological polar surface area (TPSA) is 39.8 Å². The van der Waals surface area contributed by atoms with E-state index in [2.05, 4.69) is 5.10 Å². The van der Waals surface area contributed by atoms with Crippen LogP contribution in [0.15, 0.2) is 65.7 Å². The van der Waals surface area contributed by atoms with Gasteiger partial charge in [-0.05, 0) is 31.2 Å². The van der Waals surface area contributed by atoms with E-state index in [0.717, 1.165) is 16.9 Å². The summed E-state index contributed by atoms with van der Waals surface area (Å²) in [6.45, 7) is 2.31. The molecule has 0 aliphatic heterocycles. The Morgan fingerprint density at radius 2 is 1.80 bits per heavy atom. The van der Waals surface area contributed by atoms with Gasteiger partial charge in [-0.25, -0.2) is 4.68 Å². The van der Waals surface area contributed by atoms with Crippen LogP contribution in [0.25, 0.3) is 5.69 Å². The van der Waals surface area contributed by atoms with E-state index >= 15 is 0 Å². The van der Waals surface area contributed by atoms with Crippen LogP contribution >= 0.6 is 0 Å². The van der Waals surface area contributed by atoms with Crippen LogP contribution in [0.2, 0.25) is 0 Å². The van der Waals surface area contributed by atoms with E-state index in [1.165, 1.54) is 0 Å². The molecule has 1 aromatic carbocycles. The molecule has 3 aromatic rings. The summed E-state index contributed by atoms with van der Waals surface area (Å²) < 4.78 is 3.49. The highest BCUT2D eigenvalue weighted by molar-refractivity contribution is 5.30. The van der Waals surface area contributed by atoms with Gasteiger partial charge in [0.2, 0.25) is 0 Å². The molecule has 3 rings (SSSR count). The quantitative estimate of drug-likeness (QED) is 0.729. The molecule has 2 aromatic heterocycles. The van der Waals surface area contributed by atoms with Gasteiger partial charge in [0, 0.05) is 18.0 Å². The van der Waals surface area contributed by atoms with E-state index in [1.807, 2.05) is 66.3 Å². The van der Waals surface area contributed by atoms with Crippen LogP contribution in [0.1, 0.15) is 11.3 Å². The predicted molar refractivity (Wildman–Crippen MR) is 78.1 cm³/mol. The Morgan fingerprint density at radius 1 is 1.00 bits per heavy atom. The molecular formula is C16H15N3O. The minimum atomic E-state index is 0.0294. The molecule has 0 saturated carbocycles. The highest BCUT2D eigenvalue weighted by atomic mass is 16.1. The summed E-state index contributed by atoms with van der Waals surface area (Å²) in [5.41, 5.74) is 2.65. The first kappa shape index (κ1) is 12.4. The van der Waals surface area contributed by atoms with Crippen molar-refractivity contribution in [2.45, 2.75) is 13.5 Å². The molecular weight excluding hydrogens is 250 g/mol. The molecule has 0 spiro atoms. The largest absolute Gasteiger partial charge is 0.309 e. The van der Waals surface area contributed by atoms with Gasteiger partial charge in [0.1, 0.15) is 0 Å². The maximum Gasteiger partial charge on any atom is 0.253 e. The first-order valence-corrected chi connectivity index (χ1v) is 6.50. The summed E-state index contributed by atoms with van der Waals surface area (Å²) in [5.74, 6) is 0. The lowest BCUT2D eigenvalue weighted by Crippen LogP contribution is -2.21. The third-order valence-electron chi connectivity index (χ3n) is 3.21. The second-order valence-electron chi connectivity index (χ2n) is 4.71. The van der Waals surface area contributed by atoms with Crippen LogP contribution in [0.4, 0.5) is 0 Å². The monoisotopic (exact) mass is 265 g/mol. The van der Waals surface area contributed by atoms with Gasteiger partial charge in [0.25, 0.3) is 5.56 Å². The standard InChI is InChI=1S/C16H15N3O/c1-13-6-5-10-18(16(13)20)12-14-9-11-19(17-14)15-7-3-2-4-8-15/h2-11H,12H2,1H3. The predicted octanol–water partition coefficient (Wildman–Crippen LogP) is 2.39. The molecule has 20 heavy (non-hydrogen) atoms. The molecule has 0 radical (unpaired) electrons.